The predicted octanol–water partition coefficient (Wildman–Crippen LogP) is 2.32. The first kappa shape index (κ1) is 11.6. The van der Waals surface area contributed by atoms with Crippen molar-refractivity contribution < 1.29 is 0 Å². The fourth-order valence-electron chi connectivity index (χ4n) is 2.42. The zero-order valence-corrected chi connectivity index (χ0v) is 10.7. The Morgan fingerprint density at radius 1 is 1.50 bits per heavy atom. The first-order valence-electron chi connectivity index (χ1n) is 6.31. The van der Waals surface area contributed by atoms with Crippen molar-refractivity contribution in [3.63, 3.8) is 0 Å². The summed E-state index contributed by atoms with van der Waals surface area (Å²) < 4.78 is 2.31. The average Bonchev–Trinajstić information content (AvgIpc) is 2.85. The van der Waals surface area contributed by atoms with Crippen LogP contribution in [0.3, 0.4) is 0 Å². The second kappa shape index (κ2) is 4.58. The molecule has 0 aromatic carbocycles. The number of hydrogen-bond donors (Lipinski definition) is 1. The molecule has 1 aromatic rings. The lowest BCUT2D eigenvalue weighted by Gasteiger charge is -2.21. The summed E-state index contributed by atoms with van der Waals surface area (Å²) in [5, 5.41) is 3.54. The van der Waals surface area contributed by atoms with Crippen LogP contribution in [-0.2, 0) is 12.0 Å². The van der Waals surface area contributed by atoms with Crippen LogP contribution in [0.15, 0.2) is 12.5 Å². The van der Waals surface area contributed by atoms with Crippen LogP contribution in [0.5, 0.6) is 0 Å². The van der Waals surface area contributed by atoms with Gasteiger partial charge in [-0.2, -0.15) is 0 Å². The number of aryl methyl sites for hydroxylation is 1. The molecule has 1 aromatic heterocycles. The molecule has 0 aliphatic carbocycles. The first-order chi connectivity index (χ1) is 7.57. The Bertz CT molecular complexity index is 329. The van der Waals surface area contributed by atoms with Gasteiger partial charge in [0.25, 0.3) is 0 Å². The van der Waals surface area contributed by atoms with Gasteiger partial charge in [0.2, 0.25) is 0 Å². The van der Waals surface area contributed by atoms with Gasteiger partial charge < -0.3 is 9.88 Å². The highest BCUT2D eigenvalue weighted by atomic mass is 15.1. The van der Waals surface area contributed by atoms with Gasteiger partial charge in [0.1, 0.15) is 0 Å². The van der Waals surface area contributed by atoms with E-state index in [2.05, 4.69) is 35.6 Å². The van der Waals surface area contributed by atoms with Gasteiger partial charge >= 0.3 is 0 Å². The maximum atomic E-state index is 4.28. The van der Waals surface area contributed by atoms with Crippen molar-refractivity contribution in [2.45, 2.75) is 58.0 Å². The van der Waals surface area contributed by atoms with Gasteiger partial charge in [0.15, 0.2) is 0 Å². The molecule has 16 heavy (non-hydrogen) atoms. The van der Waals surface area contributed by atoms with Crippen molar-refractivity contribution in [3.8, 4) is 0 Å². The molecular weight excluding hydrogens is 198 g/mol. The van der Waals surface area contributed by atoms with Crippen LogP contribution < -0.4 is 5.32 Å². The first-order valence-corrected chi connectivity index (χ1v) is 6.31. The fourth-order valence-corrected chi connectivity index (χ4v) is 2.42. The van der Waals surface area contributed by atoms with E-state index in [4.69, 9.17) is 0 Å². The summed E-state index contributed by atoms with van der Waals surface area (Å²) in [5.41, 5.74) is 1.53. The molecular formula is C13H23N3. The van der Waals surface area contributed by atoms with Crippen molar-refractivity contribution in [1.82, 2.24) is 14.9 Å². The van der Waals surface area contributed by atoms with E-state index in [1.807, 2.05) is 12.5 Å². The lowest BCUT2D eigenvalue weighted by molar-refractivity contribution is 0.465. The molecule has 1 unspecified atom stereocenters. The second-order valence-electron chi connectivity index (χ2n) is 5.80. The average molecular weight is 221 g/mol. The summed E-state index contributed by atoms with van der Waals surface area (Å²) >= 11 is 0. The SMILES string of the molecule is CC(C)(C)c1cncn1CCC1CCCN1. The fraction of sp³-hybridized carbons (Fsp3) is 0.769. The van der Waals surface area contributed by atoms with E-state index in [9.17, 15) is 0 Å². The van der Waals surface area contributed by atoms with Gasteiger partial charge in [0.05, 0.1) is 6.33 Å². The molecule has 1 saturated heterocycles. The number of nitrogens with zero attached hydrogens (tertiary/aromatic N) is 2. The minimum absolute atomic E-state index is 0.194. The van der Waals surface area contributed by atoms with Crippen LogP contribution in [0.2, 0.25) is 0 Å². The highest BCUT2D eigenvalue weighted by Crippen LogP contribution is 2.22. The molecule has 1 N–H and O–H groups in total. The third-order valence-electron chi connectivity index (χ3n) is 3.36. The van der Waals surface area contributed by atoms with Crippen molar-refractivity contribution in [1.29, 1.82) is 0 Å². The molecule has 2 heterocycles. The molecule has 3 heteroatoms. The summed E-state index contributed by atoms with van der Waals surface area (Å²) in [6.07, 6.45) is 7.86. The molecule has 0 radical (unpaired) electrons. The van der Waals surface area contributed by atoms with Crippen LogP contribution >= 0.6 is 0 Å². The number of aromatic nitrogens is 2. The molecule has 90 valence electrons. The quantitative estimate of drug-likeness (QED) is 0.849. The molecule has 1 aliphatic rings. The highest BCUT2D eigenvalue weighted by molar-refractivity contribution is 5.10. The molecule has 3 nitrogen and oxygen atoms in total. The van der Waals surface area contributed by atoms with Gasteiger partial charge in [0, 0.05) is 29.9 Å². The standard InChI is InChI=1S/C13H23N3/c1-13(2,3)12-9-14-10-16(12)8-6-11-5-4-7-15-11/h9-11,15H,4-8H2,1-3H3. The second-order valence-corrected chi connectivity index (χ2v) is 5.80. The zero-order chi connectivity index (χ0) is 11.6. The van der Waals surface area contributed by atoms with Crippen molar-refractivity contribution in [3.05, 3.63) is 18.2 Å². The Hall–Kier alpha value is -0.830. The van der Waals surface area contributed by atoms with Gasteiger partial charge in [-0.25, -0.2) is 4.98 Å². The lowest BCUT2D eigenvalue weighted by Crippen LogP contribution is -2.24. The van der Waals surface area contributed by atoms with E-state index >= 15 is 0 Å². The third kappa shape index (κ3) is 2.64. The lowest BCUT2D eigenvalue weighted by atomic mass is 9.92. The van der Waals surface area contributed by atoms with Crippen LogP contribution in [0.1, 0.15) is 45.7 Å². The molecule has 1 aliphatic heterocycles. The number of rotatable bonds is 3. The van der Waals surface area contributed by atoms with E-state index in [0.29, 0.717) is 0 Å². The molecule has 0 spiro atoms. The van der Waals surface area contributed by atoms with Gasteiger partial charge in [-0.1, -0.05) is 20.8 Å². The van der Waals surface area contributed by atoms with Crippen LogP contribution in [0.4, 0.5) is 0 Å². The molecule has 0 saturated carbocycles. The Morgan fingerprint density at radius 3 is 2.94 bits per heavy atom. The smallest absolute Gasteiger partial charge is 0.0948 e. The molecule has 1 fully saturated rings. The minimum atomic E-state index is 0.194. The molecule has 2 rings (SSSR count). The van der Waals surface area contributed by atoms with Crippen LogP contribution in [-0.4, -0.2) is 22.1 Å². The minimum Gasteiger partial charge on any atom is -0.334 e. The van der Waals surface area contributed by atoms with Gasteiger partial charge in [-0.05, 0) is 25.8 Å². The maximum Gasteiger partial charge on any atom is 0.0948 e. The summed E-state index contributed by atoms with van der Waals surface area (Å²) in [7, 11) is 0. The predicted molar refractivity (Wildman–Crippen MR) is 66.6 cm³/mol. The number of nitrogens with one attached hydrogen (secondary N) is 1. The normalized spacial score (nSPS) is 21.6. The Labute approximate surface area is 98.3 Å². The molecule has 0 bridgehead atoms. The monoisotopic (exact) mass is 221 g/mol. The van der Waals surface area contributed by atoms with E-state index < -0.39 is 0 Å². The topological polar surface area (TPSA) is 29.9 Å². The van der Waals surface area contributed by atoms with Crippen molar-refractivity contribution >= 4 is 0 Å². The number of imidazole rings is 1. The van der Waals surface area contributed by atoms with E-state index in [1.165, 1.54) is 31.5 Å². The Morgan fingerprint density at radius 2 is 2.31 bits per heavy atom. The van der Waals surface area contributed by atoms with E-state index in [-0.39, 0.29) is 5.41 Å². The summed E-state index contributed by atoms with van der Waals surface area (Å²) in [6.45, 7) is 9.02. The summed E-state index contributed by atoms with van der Waals surface area (Å²) in [5.74, 6) is 0. The van der Waals surface area contributed by atoms with Crippen molar-refractivity contribution in [2.75, 3.05) is 6.54 Å². The van der Waals surface area contributed by atoms with Crippen molar-refractivity contribution in [2.24, 2.45) is 0 Å². The van der Waals surface area contributed by atoms with Crippen LogP contribution in [0.25, 0.3) is 0 Å². The van der Waals surface area contributed by atoms with E-state index in [1.54, 1.807) is 0 Å². The van der Waals surface area contributed by atoms with Crippen LogP contribution in [0, 0.1) is 0 Å². The van der Waals surface area contributed by atoms with E-state index in [0.717, 1.165) is 12.6 Å². The Balaban J connectivity index is 1.96. The largest absolute Gasteiger partial charge is 0.334 e. The van der Waals surface area contributed by atoms with Gasteiger partial charge in [-0.15, -0.1) is 0 Å². The Kier molecular flexibility index (Phi) is 3.33. The zero-order valence-electron chi connectivity index (χ0n) is 10.7. The highest BCUT2D eigenvalue weighted by Gasteiger charge is 2.19. The summed E-state index contributed by atoms with van der Waals surface area (Å²) in [4.78, 5) is 4.28. The molecule has 1 atom stereocenters. The number of hydrogen-bond acceptors (Lipinski definition) is 2. The molecule has 0 amide bonds. The summed E-state index contributed by atoms with van der Waals surface area (Å²) in [6, 6.07) is 0.718. The maximum absolute atomic E-state index is 4.28. The van der Waals surface area contributed by atoms with Gasteiger partial charge in [-0.3, -0.25) is 0 Å². The third-order valence-corrected chi connectivity index (χ3v) is 3.36.